The number of benzene rings is 1. The first-order valence-electron chi connectivity index (χ1n) is 6.79. The van der Waals surface area contributed by atoms with Gasteiger partial charge in [0, 0.05) is 12.2 Å². The number of ether oxygens (including phenoxy) is 1. The molecule has 1 aliphatic heterocycles. The van der Waals surface area contributed by atoms with Crippen LogP contribution in [-0.2, 0) is 21.4 Å². The van der Waals surface area contributed by atoms with Crippen LogP contribution in [-0.4, -0.2) is 32.3 Å². The number of hydrogen-bond acceptors (Lipinski definition) is 4. The van der Waals surface area contributed by atoms with Gasteiger partial charge in [-0.2, -0.15) is 0 Å². The summed E-state index contributed by atoms with van der Waals surface area (Å²) in [6, 6.07) is 2.43. The first kappa shape index (κ1) is 16.4. The lowest BCUT2D eigenvalue weighted by molar-refractivity contribution is 0.0386. The molecule has 0 aromatic heterocycles. The predicted octanol–water partition coefficient (Wildman–Crippen LogP) is 1.47. The summed E-state index contributed by atoms with van der Waals surface area (Å²) >= 11 is 0. The van der Waals surface area contributed by atoms with Crippen molar-refractivity contribution >= 4 is 10.0 Å². The van der Waals surface area contributed by atoms with Crippen LogP contribution in [0.15, 0.2) is 17.0 Å². The molecule has 1 aromatic carbocycles. The SMILES string of the molecule is Cc1cc(S(=O)(=O)NC2(C)CCCOC2)cc(CO)c1F. The van der Waals surface area contributed by atoms with Gasteiger partial charge in [0.2, 0.25) is 10.0 Å². The van der Waals surface area contributed by atoms with Crippen molar-refractivity contribution in [3.05, 3.63) is 29.1 Å². The lowest BCUT2D eigenvalue weighted by atomic mass is 9.97. The quantitative estimate of drug-likeness (QED) is 0.882. The third kappa shape index (κ3) is 3.60. The van der Waals surface area contributed by atoms with Crippen LogP contribution in [0.3, 0.4) is 0 Å². The minimum absolute atomic E-state index is 0.0274. The van der Waals surface area contributed by atoms with E-state index in [2.05, 4.69) is 4.72 Å². The van der Waals surface area contributed by atoms with Crippen LogP contribution in [0.4, 0.5) is 4.39 Å². The zero-order valence-corrected chi connectivity index (χ0v) is 13.0. The van der Waals surface area contributed by atoms with Crippen LogP contribution < -0.4 is 4.72 Å². The molecule has 0 aliphatic carbocycles. The van der Waals surface area contributed by atoms with E-state index in [0.29, 0.717) is 19.6 Å². The van der Waals surface area contributed by atoms with Gasteiger partial charge in [0.15, 0.2) is 0 Å². The topological polar surface area (TPSA) is 75.6 Å². The molecule has 2 rings (SSSR count). The van der Waals surface area contributed by atoms with Crippen molar-refractivity contribution in [2.75, 3.05) is 13.2 Å². The molecule has 1 atom stereocenters. The fourth-order valence-electron chi connectivity index (χ4n) is 2.47. The molecule has 2 N–H and O–H groups in total. The normalized spacial score (nSPS) is 23.2. The summed E-state index contributed by atoms with van der Waals surface area (Å²) in [5, 5.41) is 9.13. The Morgan fingerprint density at radius 3 is 2.76 bits per heavy atom. The fraction of sp³-hybridized carbons (Fsp3) is 0.571. The number of aliphatic hydroxyl groups is 1. The summed E-state index contributed by atoms with van der Waals surface area (Å²) in [5.41, 5.74) is -0.508. The molecule has 7 heteroatoms. The first-order chi connectivity index (χ1) is 9.77. The highest BCUT2D eigenvalue weighted by atomic mass is 32.2. The molecular formula is C14H20FNO4S. The highest BCUT2D eigenvalue weighted by molar-refractivity contribution is 7.89. The summed E-state index contributed by atoms with van der Waals surface area (Å²) in [6.07, 6.45) is 1.46. The van der Waals surface area contributed by atoms with E-state index >= 15 is 0 Å². The number of halogens is 1. The second kappa shape index (κ2) is 6.00. The van der Waals surface area contributed by atoms with Gasteiger partial charge in [-0.05, 0) is 44.4 Å². The molecule has 118 valence electrons. The molecule has 1 aliphatic rings. The number of aryl methyl sites for hydroxylation is 1. The maximum atomic E-state index is 13.7. The summed E-state index contributed by atoms with van der Waals surface area (Å²) in [6.45, 7) is 3.64. The molecule has 1 aromatic rings. The smallest absolute Gasteiger partial charge is 0.241 e. The molecule has 1 heterocycles. The molecule has 0 spiro atoms. The second-order valence-electron chi connectivity index (χ2n) is 5.69. The van der Waals surface area contributed by atoms with Crippen molar-refractivity contribution in [1.82, 2.24) is 4.72 Å². The van der Waals surface area contributed by atoms with Crippen molar-refractivity contribution in [2.24, 2.45) is 0 Å². The van der Waals surface area contributed by atoms with Crippen LogP contribution in [0.25, 0.3) is 0 Å². The molecule has 0 amide bonds. The van der Waals surface area contributed by atoms with Crippen LogP contribution in [0, 0.1) is 12.7 Å². The molecule has 0 bridgehead atoms. The van der Waals surface area contributed by atoms with E-state index in [1.54, 1.807) is 6.92 Å². The lowest BCUT2D eigenvalue weighted by Crippen LogP contribution is -2.51. The number of nitrogens with one attached hydrogen (secondary N) is 1. The Morgan fingerprint density at radius 2 is 2.19 bits per heavy atom. The van der Waals surface area contributed by atoms with Crippen LogP contribution in [0.2, 0.25) is 0 Å². The molecule has 1 unspecified atom stereocenters. The van der Waals surface area contributed by atoms with E-state index in [1.807, 2.05) is 0 Å². The monoisotopic (exact) mass is 317 g/mol. The summed E-state index contributed by atoms with van der Waals surface area (Å²) in [5.74, 6) is -0.580. The fourth-order valence-corrected chi connectivity index (χ4v) is 4.03. The van der Waals surface area contributed by atoms with Crippen molar-refractivity contribution < 1.29 is 22.7 Å². The molecular weight excluding hydrogens is 297 g/mol. The van der Waals surface area contributed by atoms with E-state index in [1.165, 1.54) is 13.0 Å². The van der Waals surface area contributed by atoms with E-state index in [9.17, 15) is 12.8 Å². The largest absolute Gasteiger partial charge is 0.392 e. The van der Waals surface area contributed by atoms with Gasteiger partial charge < -0.3 is 9.84 Å². The summed E-state index contributed by atoms with van der Waals surface area (Å²) in [4.78, 5) is -0.0442. The number of rotatable bonds is 4. The summed E-state index contributed by atoms with van der Waals surface area (Å²) < 4.78 is 46.6. The summed E-state index contributed by atoms with van der Waals surface area (Å²) in [7, 11) is -3.80. The van der Waals surface area contributed by atoms with Crippen LogP contribution >= 0.6 is 0 Å². The Morgan fingerprint density at radius 1 is 1.48 bits per heavy atom. The van der Waals surface area contributed by atoms with E-state index in [-0.39, 0.29) is 16.0 Å². The Hall–Kier alpha value is -1.02. The number of aliphatic hydroxyl groups excluding tert-OH is 1. The number of sulfonamides is 1. The molecule has 5 nitrogen and oxygen atoms in total. The molecule has 1 saturated heterocycles. The zero-order valence-electron chi connectivity index (χ0n) is 12.1. The minimum atomic E-state index is -3.80. The molecule has 0 saturated carbocycles. The zero-order chi connectivity index (χ0) is 15.7. The molecule has 21 heavy (non-hydrogen) atoms. The number of hydrogen-bond donors (Lipinski definition) is 2. The van der Waals surface area contributed by atoms with E-state index in [4.69, 9.17) is 9.84 Å². The Kier molecular flexibility index (Phi) is 4.67. The maximum absolute atomic E-state index is 13.7. The van der Waals surface area contributed by atoms with Gasteiger partial charge >= 0.3 is 0 Å². The minimum Gasteiger partial charge on any atom is -0.392 e. The van der Waals surface area contributed by atoms with Crippen molar-refractivity contribution in [3.8, 4) is 0 Å². The standard InChI is InChI=1S/C14H20FNO4S/c1-10-6-12(7-11(8-17)13(10)15)21(18,19)16-14(2)4-3-5-20-9-14/h6-7,16-17H,3-5,8-9H2,1-2H3. The van der Waals surface area contributed by atoms with Gasteiger partial charge in [0.25, 0.3) is 0 Å². The highest BCUT2D eigenvalue weighted by Gasteiger charge is 2.33. The van der Waals surface area contributed by atoms with Gasteiger partial charge in [-0.25, -0.2) is 17.5 Å². The van der Waals surface area contributed by atoms with Gasteiger partial charge in [0.1, 0.15) is 5.82 Å². The highest BCUT2D eigenvalue weighted by Crippen LogP contribution is 2.24. The second-order valence-corrected chi connectivity index (χ2v) is 7.38. The average Bonchev–Trinajstić information content (AvgIpc) is 2.41. The molecule has 0 radical (unpaired) electrons. The third-order valence-electron chi connectivity index (χ3n) is 3.60. The Bertz CT molecular complexity index is 624. The maximum Gasteiger partial charge on any atom is 0.241 e. The van der Waals surface area contributed by atoms with Crippen molar-refractivity contribution in [1.29, 1.82) is 0 Å². The van der Waals surface area contributed by atoms with Gasteiger partial charge in [-0.15, -0.1) is 0 Å². The van der Waals surface area contributed by atoms with Gasteiger partial charge in [-0.1, -0.05) is 0 Å². The van der Waals surface area contributed by atoms with Gasteiger partial charge in [-0.3, -0.25) is 0 Å². The van der Waals surface area contributed by atoms with E-state index in [0.717, 1.165) is 12.5 Å². The van der Waals surface area contributed by atoms with Gasteiger partial charge in [0.05, 0.1) is 23.6 Å². The Balaban J connectivity index is 2.33. The van der Waals surface area contributed by atoms with Crippen molar-refractivity contribution in [3.63, 3.8) is 0 Å². The van der Waals surface area contributed by atoms with E-state index < -0.39 is 28.0 Å². The van der Waals surface area contributed by atoms with Crippen LogP contribution in [0.5, 0.6) is 0 Å². The van der Waals surface area contributed by atoms with Crippen molar-refractivity contribution in [2.45, 2.75) is 43.7 Å². The third-order valence-corrected chi connectivity index (χ3v) is 5.22. The lowest BCUT2D eigenvalue weighted by Gasteiger charge is -2.33. The van der Waals surface area contributed by atoms with Crippen LogP contribution in [0.1, 0.15) is 30.9 Å². The average molecular weight is 317 g/mol. The Labute approximate surface area is 124 Å². The molecule has 1 fully saturated rings. The predicted molar refractivity (Wildman–Crippen MR) is 75.8 cm³/mol. The first-order valence-corrected chi connectivity index (χ1v) is 8.27.